The van der Waals surface area contributed by atoms with E-state index in [4.69, 9.17) is 20.5 Å². The van der Waals surface area contributed by atoms with Crippen LogP contribution in [0.5, 0.6) is 0 Å². The summed E-state index contributed by atoms with van der Waals surface area (Å²) < 4.78 is 22.3. The van der Waals surface area contributed by atoms with Gasteiger partial charge in [0.2, 0.25) is 5.91 Å². The van der Waals surface area contributed by atoms with Gasteiger partial charge in [-0.25, -0.2) is 0 Å². The first-order valence-corrected chi connectivity index (χ1v) is 7.82. The van der Waals surface area contributed by atoms with Crippen LogP contribution in [0.2, 0.25) is 0 Å². The van der Waals surface area contributed by atoms with E-state index in [-0.39, 0.29) is 19.5 Å². The molecule has 108 valence electrons. The van der Waals surface area contributed by atoms with Crippen molar-refractivity contribution in [2.24, 2.45) is 11.5 Å². The number of carbonyl (C=O) groups is 1. The molecule has 5 N–H and O–H groups in total. The van der Waals surface area contributed by atoms with E-state index in [0.717, 1.165) is 0 Å². The maximum absolute atomic E-state index is 12.1. The SMILES string of the molecule is CCOP(=O)(CN[C@@H](CCCN)C(N)=O)OCC. The lowest BCUT2D eigenvalue weighted by atomic mass is 10.1. The van der Waals surface area contributed by atoms with Crippen molar-refractivity contribution >= 4 is 13.5 Å². The number of primary amides is 1. The van der Waals surface area contributed by atoms with Crippen LogP contribution in [0.4, 0.5) is 0 Å². The highest BCUT2D eigenvalue weighted by Gasteiger charge is 2.26. The smallest absolute Gasteiger partial charge is 0.344 e. The van der Waals surface area contributed by atoms with Crippen molar-refractivity contribution in [1.29, 1.82) is 0 Å². The Morgan fingerprint density at radius 3 is 2.28 bits per heavy atom. The van der Waals surface area contributed by atoms with Crippen molar-refractivity contribution in [1.82, 2.24) is 5.32 Å². The third kappa shape index (κ3) is 7.08. The van der Waals surface area contributed by atoms with Crippen molar-refractivity contribution in [3.8, 4) is 0 Å². The molecule has 0 spiro atoms. The van der Waals surface area contributed by atoms with Gasteiger partial charge in [-0.2, -0.15) is 0 Å². The maximum Gasteiger partial charge on any atom is 0.344 e. The van der Waals surface area contributed by atoms with Gasteiger partial charge >= 0.3 is 7.60 Å². The Morgan fingerprint density at radius 1 is 1.33 bits per heavy atom. The Kier molecular flexibility index (Phi) is 9.23. The number of nitrogens with one attached hydrogen (secondary N) is 1. The Balaban J connectivity index is 4.36. The lowest BCUT2D eigenvalue weighted by Gasteiger charge is -2.20. The lowest BCUT2D eigenvalue weighted by Crippen LogP contribution is -2.42. The first-order chi connectivity index (χ1) is 8.49. The number of hydrogen-bond donors (Lipinski definition) is 3. The molecule has 18 heavy (non-hydrogen) atoms. The van der Waals surface area contributed by atoms with Crippen LogP contribution in [0, 0.1) is 0 Å². The Bertz CT molecular complexity index is 278. The van der Waals surface area contributed by atoms with Crippen molar-refractivity contribution in [2.45, 2.75) is 32.7 Å². The van der Waals surface area contributed by atoms with Crippen LogP contribution < -0.4 is 16.8 Å². The van der Waals surface area contributed by atoms with Crippen LogP contribution in [0.3, 0.4) is 0 Å². The maximum atomic E-state index is 12.1. The molecule has 1 atom stereocenters. The van der Waals surface area contributed by atoms with Crippen LogP contribution in [-0.2, 0) is 18.4 Å². The summed E-state index contributed by atoms with van der Waals surface area (Å²) in [4.78, 5) is 11.2. The molecule has 0 rings (SSSR count). The van der Waals surface area contributed by atoms with E-state index < -0.39 is 19.5 Å². The van der Waals surface area contributed by atoms with Gasteiger partial charge in [-0.15, -0.1) is 0 Å². The van der Waals surface area contributed by atoms with Gasteiger partial charge in [-0.1, -0.05) is 0 Å². The minimum absolute atomic E-state index is 0.0349. The highest BCUT2D eigenvalue weighted by molar-refractivity contribution is 7.53. The fourth-order valence-electron chi connectivity index (χ4n) is 1.41. The summed E-state index contributed by atoms with van der Waals surface area (Å²) in [6, 6.07) is -0.567. The van der Waals surface area contributed by atoms with E-state index in [0.29, 0.717) is 19.4 Å². The second kappa shape index (κ2) is 9.47. The monoisotopic (exact) mass is 281 g/mol. The van der Waals surface area contributed by atoms with Gasteiger partial charge in [0.1, 0.15) is 0 Å². The average molecular weight is 281 g/mol. The van der Waals surface area contributed by atoms with Crippen molar-refractivity contribution < 1.29 is 18.4 Å². The number of hydrogen-bond acceptors (Lipinski definition) is 6. The van der Waals surface area contributed by atoms with E-state index in [9.17, 15) is 9.36 Å². The molecule has 0 unspecified atom stereocenters. The van der Waals surface area contributed by atoms with Crippen molar-refractivity contribution in [3.05, 3.63) is 0 Å². The molecule has 0 aromatic rings. The first-order valence-electron chi connectivity index (χ1n) is 6.10. The molecule has 0 aromatic heterocycles. The number of carbonyl (C=O) groups excluding carboxylic acids is 1. The fourth-order valence-corrected chi connectivity index (χ4v) is 2.90. The molecule has 7 nitrogen and oxygen atoms in total. The lowest BCUT2D eigenvalue weighted by molar-refractivity contribution is -0.120. The molecular formula is C10H24N3O4P. The molecule has 8 heteroatoms. The molecule has 0 radical (unpaired) electrons. The predicted octanol–water partition coefficient (Wildman–Crippen LogP) is 0.392. The second-order valence-electron chi connectivity index (χ2n) is 3.69. The third-order valence-electron chi connectivity index (χ3n) is 2.22. The third-order valence-corrected chi connectivity index (χ3v) is 4.10. The molecule has 0 fully saturated rings. The molecular weight excluding hydrogens is 257 g/mol. The fraction of sp³-hybridized carbons (Fsp3) is 0.900. The van der Waals surface area contributed by atoms with Gasteiger partial charge in [0.05, 0.1) is 25.5 Å². The molecule has 0 aliphatic carbocycles. The summed E-state index contributed by atoms with van der Waals surface area (Å²) in [5.41, 5.74) is 10.6. The zero-order chi connectivity index (χ0) is 14.0. The van der Waals surface area contributed by atoms with Crippen LogP contribution in [-0.4, -0.2) is 38.0 Å². The van der Waals surface area contributed by atoms with Gasteiger partial charge in [0, 0.05) is 0 Å². The highest BCUT2D eigenvalue weighted by Crippen LogP contribution is 2.46. The number of rotatable bonds is 11. The topological polar surface area (TPSA) is 117 Å². The normalized spacial score (nSPS) is 13.5. The van der Waals surface area contributed by atoms with E-state index in [2.05, 4.69) is 5.32 Å². The number of amides is 1. The Labute approximate surface area is 108 Å². The molecule has 0 heterocycles. The van der Waals surface area contributed by atoms with Crippen LogP contribution in [0.15, 0.2) is 0 Å². The molecule has 0 saturated carbocycles. The molecule has 1 amide bonds. The quantitative estimate of drug-likeness (QED) is 0.472. The second-order valence-corrected chi connectivity index (χ2v) is 5.75. The average Bonchev–Trinajstić information content (AvgIpc) is 2.29. The zero-order valence-corrected chi connectivity index (χ0v) is 11.9. The number of nitrogens with two attached hydrogens (primary N) is 2. The van der Waals surface area contributed by atoms with Gasteiger partial charge in [-0.05, 0) is 33.2 Å². The zero-order valence-electron chi connectivity index (χ0n) is 11.1. The van der Waals surface area contributed by atoms with Gasteiger partial charge in [-0.3, -0.25) is 14.7 Å². The summed E-state index contributed by atoms with van der Waals surface area (Å²) in [7, 11) is -3.20. The van der Waals surface area contributed by atoms with Crippen LogP contribution >= 0.6 is 7.60 Å². The molecule has 0 aliphatic rings. The van der Waals surface area contributed by atoms with E-state index in [1.807, 2.05) is 0 Å². The predicted molar refractivity (Wildman–Crippen MR) is 70.1 cm³/mol. The standard InChI is InChI=1S/C10H24N3O4P/c1-3-16-18(15,17-4-2)8-13-9(10(12)14)6-5-7-11/h9,13H,3-8,11H2,1-2H3,(H2,12,14)/t9-/m0/s1. The summed E-state index contributed by atoms with van der Waals surface area (Å²) in [6.45, 7) is 4.49. The van der Waals surface area contributed by atoms with Crippen LogP contribution in [0.1, 0.15) is 26.7 Å². The summed E-state index contributed by atoms with van der Waals surface area (Å²) in [5, 5.41) is 2.82. The Morgan fingerprint density at radius 2 is 1.89 bits per heavy atom. The minimum atomic E-state index is -3.20. The van der Waals surface area contributed by atoms with Crippen LogP contribution in [0.25, 0.3) is 0 Å². The summed E-state index contributed by atoms with van der Waals surface area (Å²) in [6.07, 6.45) is 1.13. The summed E-state index contributed by atoms with van der Waals surface area (Å²) >= 11 is 0. The summed E-state index contributed by atoms with van der Waals surface area (Å²) in [5.74, 6) is -0.497. The molecule has 0 aliphatic heterocycles. The van der Waals surface area contributed by atoms with E-state index in [1.54, 1.807) is 13.8 Å². The first kappa shape index (κ1) is 17.5. The minimum Gasteiger partial charge on any atom is -0.368 e. The highest BCUT2D eigenvalue weighted by atomic mass is 31.2. The largest absolute Gasteiger partial charge is 0.368 e. The van der Waals surface area contributed by atoms with Gasteiger partial charge in [0.15, 0.2) is 0 Å². The van der Waals surface area contributed by atoms with Gasteiger partial charge in [0.25, 0.3) is 0 Å². The molecule has 0 aromatic carbocycles. The van der Waals surface area contributed by atoms with Crippen molar-refractivity contribution in [2.75, 3.05) is 26.0 Å². The van der Waals surface area contributed by atoms with Gasteiger partial charge < -0.3 is 20.5 Å². The molecule has 0 bridgehead atoms. The van der Waals surface area contributed by atoms with Crippen molar-refractivity contribution in [3.63, 3.8) is 0 Å². The van der Waals surface area contributed by atoms with E-state index >= 15 is 0 Å². The molecule has 0 saturated heterocycles. The van der Waals surface area contributed by atoms with E-state index in [1.165, 1.54) is 0 Å². The Hall–Kier alpha value is -0.460.